The Kier molecular flexibility index (Phi) is 4.16. The minimum atomic E-state index is -0.322. The number of carbonyl (C=O) groups is 2. The second-order valence-corrected chi connectivity index (χ2v) is 6.54. The minimum Gasteiger partial charge on any atom is -0.347 e. The molecular weight excluding hydrogens is 310 g/mol. The normalized spacial score (nSPS) is 10.7. The van der Waals surface area contributed by atoms with E-state index in [0.29, 0.717) is 6.54 Å². The number of benzene rings is 1. The van der Waals surface area contributed by atoms with Crippen molar-refractivity contribution in [3.05, 3.63) is 58.5 Å². The first-order valence-electron chi connectivity index (χ1n) is 7.13. The van der Waals surface area contributed by atoms with Crippen molar-refractivity contribution in [3.8, 4) is 0 Å². The molecular formula is C17H15N3O2S. The van der Waals surface area contributed by atoms with Crippen LogP contribution in [0.3, 0.4) is 0 Å². The largest absolute Gasteiger partial charge is 0.347 e. The molecule has 0 aliphatic heterocycles. The molecule has 3 rings (SSSR count). The van der Waals surface area contributed by atoms with E-state index in [1.54, 1.807) is 11.3 Å². The summed E-state index contributed by atoms with van der Waals surface area (Å²) in [5.74, 6) is -0.516. The van der Waals surface area contributed by atoms with Crippen molar-refractivity contribution < 1.29 is 9.59 Å². The van der Waals surface area contributed by atoms with Gasteiger partial charge in [0, 0.05) is 23.0 Å². The van der Waals surface area contributed by atoms with Crippen LogP contribution in [0.1, 0.15) is 38.3 Å². The second-order valence-electron chi connectivity index (χ2n) is 5.26. The number of nitrogens with one attached hydrogen (secondary N) is 1. The fraction of sp³-hybridized carbons (Fsp3) is 0.176. The van der Waals surface area contributed by atoms with E-state index in [1.165, 1.54) is 34.3 Å². The molecule has 0 saturated heterocycles. The van der Waals surface area contributed by atoms with E-state index < -0.39 is 0 Å². The summed E-state index contributed by atoms with van der Waals surface area (Å²) in [6.07, 6.45) is 1.23. The molecule has 6 heteroatoms. The number of hydrogen-bond donors (Lipinski definition) is 1. The van der Waals surface area contributed by atoms with Crippen molar-refractivity contribution in [1.82, 2.24) is 15.3 Å². The zero-order valence-corrected chi connectivity index (χ0v) is 13.6. The van der Waals surface area contributed by atoms with Crippen LogP contribution in [0.4, 0.5) is 0 Å². The van der Waals surface area contributed by atoms with Crippen LogP contribution < -0.4 is 5.32 Å². The van der Waals surface area contributed by atoms with Gasteiger partial charge in [0.25, 0.3) is 5.91 Å². The Bertz CT molecular complexity index is 902. The predicted molar refractivity (Wildman–Crippen MR) is 89.8 cm³/mol. The highest BCUT2D eigenvalue weighted by atomic mass is 32.1. The summed E-state index contributed by atoms with van der Waals surface area (Å²) < 4.78 is 1.20. The minimum absolute atomic E-state index is 0.193. The van der Waals surface area contributed by atoms with Gasteiger partial charge < -0.3 is 5.32 Å². The molecule has 0 aliphatic carbocycles. The lowest BCUT2D eigenvalue weighted by molar-refractivity contribution is 0.0945. The van der Waals surface area contributed by atoms with E-state index in [9.17, 15) is 9.59 Å². The summed E-state index contributed by atoms with van der Waals surface area (Å²) in [4.78, 5) is 32.5. The smallest absolute Gasteiger partial charge is 0.270 e. The van der Waals surface area contributed by atoms with Crippen LogP contribution in [-0.4, -0.2) is 21.7 Å². The van der Waals surface area contributed by atoms with Crippen LogP contribution in [0.25, 0.3) is 10.1 Å². The first-order valence-corrected chi connectivity index (χ1v) is 7.95. The van der Waals surface area contributed by atoms with Gasteiger partial charge in [-0.1, -0.05) is 12.1 Å². The fourth-order valence-corrected chi connectivity index (χ4v) is 3.25. The summed E-state index contributed by atoms with van der Waals surface area (Å²) in [5.41, 5.74) is 1.45. The number of amides is 1. The lowest BCUT2D eigenvalue weighted by Gasteiger charge is -2.05. The quantitative estimate of drug-likeness (QED) is 0.748. The maximum atomic E-state index is 12.2. The van der Waals surface area contributed by atoms with Crippen molar-refractivity contribution in [2.24, 2.45) is 0 Å². The van der Waals surface area contributed by atoms with E-state index in [0.717, 1.165) is 5.56 Å². The molecule has 5 nitrogen and oxygen atoms in total. The Hall–Kier alpha value is -2.60. The summed E-state index contributed by atoms with van der Waals surface area (Å²) in [5, 5.41) is 4.03. The average Bonchev–Trinajstić information content (AvgIpc) is 2.91. The molecule has 2 heterocycles. The van der Waals surface area contributed by atoms with Gasteiger partial charge in [0.05, 0.1) is 0 Å². The Morgan fingerprint density at radius 3 is 2.70 bits per heavy atom. The zero-order valence-electron chi connectivity index (χ0n) is 12.8. The summed E-state index contributed by atoms with van der Waals surface area (Å²) >= 11 is 1.73. The molecule has 1 N–H and O–H groups in total. The summed E-state index contributed by atoms with van der Waals surface area (Å²) in [7, 11) is 0. The number of aryl methyl sites for hydroxylation is 1. The van der Waals surface area contributed by atoms with Gasteiger partial charge >= 0.3 is 0 Å². The first-order chi connectivity index (χ1) is 11.0. The van der Waals surface area contributed by atoms with Gasteiger partial charge in [-0.3, -0.25) is 9.59 Å². The van der Waals surface area contributed by atoms with Gasteiger partial charge in [0.1, 0.15) is 17.7 Å². The molecule has 116 valence electrons. The van der Waals surface area contributed by atoms with Crippen LogP contribution in [-0.2, 0) is 6.54 Å². The molecule has 23 heavy (non-hydrogen) atoms. The SMILES string of the molecule is CC(=O)c1cc(C(=O)NCc2ccc3cc(C)sc3c2)ncn1. The molecule has 1 aromatic carbocycles. The maximum absolute atomic E-state index is 12.2. The third-order valence-electron chi connectivity index (χ3n) is 3.42. The number of ketones is 1. The number of hydrogen-bond acceptors (Lipinski definition) is 5. The number of Topliss-reactive ketones (excluding diaryl/α,β-unsaturated/α-hetero) is 1. The third kappa shape index (κ3) is 3.43. The fourth-order valence-electron chi connectivity index (χ4n) is 2.27. The highest BCUT2D eigenvalue weighted by Gasteiger charge is 2.10. The summed E-state index contributed by atoms with van der Waals surface area (Å²) in [6, 6.07) is 9.68. The molecule has 3 aromatic rings. The molecule has 0 spiro atoms. The topological polar surface area (TPSA) is 72.0 Å². The first kappa shape index (κ1) is 15.3. The van der Waals surface area contributed by atoms with E-state index in [2.05, 4.69) is 40.4 Å². The van der Waals surface area contributed by atoms with Gasteiger partial charge in [-0.25, -0.2) is 9.97 Å². The van der Waals surface area contributed by atoms with Crippen molar-refractivity contribution >= 4 is 33.1 Å². The second kappa shape index (κ2) is 6.26. The Morgan fingerprint density at radius 2 is 1.91 bits per heavy atom. The van der Waals surface area contributed by atoms with Crippen LogP contribution >= 0.6 is 11.3 Å². The number of nitrogens with zero attached hydrogens (tertiary/aromatic N) is 2. The van der Waals surface area contributed by atoms with E-state index in [-0.39, 0.29) is 23.1 Å². The Labute approximate surface area is 137 Å². The van der Waals surface area contributed by atoms with Gasteiger partial charge in [0.15, 0.2) is 5.78 Å². The van der Waals surface area contributed by atoms with Gasteiger partial charge in [-0.15, -0.1) is 11.3 Å². The molecule has 0 unspecified atom stereocenters. The summed E-state index contributed by atoms with van der Waals surface area (Å²) in [6.45, 7) is 3.89. The van der Waals surface area contributed by atoms with Crippen molar-refractivity contribution in [1.29, 1.82) is 0 Å². The third-order valence-corrected chi connectivity index (χ3v) is 4.43. The number of rotatable bonds is 4. The zero-order chi connectivity index (χ0) is 16.4. The van der Waals surface area contributed by atoms with Crippen LogP contribution in [0.2, 0.25) is 0 Å². The highest BCUT2D eigenvalue weighted by molar-refractivity contribution is 7.19. The van der Waals surface area contributed by atoms with E-state index >= 15 is 0 Å². The Morgan fingerprint density at radius 1 is 1.13 bits per heavy atom. The van der Waals surface area contributed by atoms with Crippen LogP contribution in [0.5, 0.6) is 0 Å². The number of carbonyl (C=O) groups excluding carboxylic acids is 2. The molecule has 2 aromatic heterocycles. The molecule has 0 saturated carbocycles. The molecule has 0 aliphatic rings. The monoisotopic (exact) mass is 325 g/mol. The molecule has 0 fully saturated rings. The van der Waals surface area contributed by atoms with Crippen LogP contribution in [0, 0.1) is 6.92 Å². The lowest BCUT2D eigenvalue weighted by Crippen LogP contribution is -2.24. The molecule has 0 bridgehead atoms. The van der Waals surface area contributed by atoms with Crippen molar-refractivity contribution in [2.45, 2.75) is 20.4 Å². The standard InChI is InChI=1S/C17H15N3O2S/c1-10-5-13-4-3-12(6-16(13)23-10)8-18-17(22)15-7-14(11(2)21)19-9-20-15/h3-7,9H,8H2,1-2H3,(H,18,22). The van der Waals surface area contributed by atoms with E-state index in [1.807, 2.05) is 6.07 Å². The van der Waals surface area contributed by atoms with E-state index in [4.69, 9.17) is 0 Å². The number of thiophene rings is 1. The molecule has 1 amide bonds. The molecule has 0 radical (unpaired) electrons. The molecule has 0 atom stereocenters. The number of fused-ring (bicyclic) bond motifs is 1. The van der Waals surface area contributed by atoms with Crippen molar-refractivity contribution in [3.63, 3.8) is 0 Å². The maximum Gasteiger partial charge on any atom is 0.270 e. The predicted octanol–water partition coefficient (Wildman–Crippen LogP) is 3.13. The number of aromatic nitrogens is 2. The van der Waals surface area contributed by atoms with Gasteiger partial charge in [-0.05, 0) is 36.1 Å². The van der Waals surface area contributed by atoms with Crippen molar-refractivity contribution in [2.75, 3.05) is 0 Å². The van der Waals surface area contributed by atoms with Crippen LogP contribution in [0.15, 0.2) is 36.7 Å². The Balaban J connectivity index is 1.72. The lowest BCUT2D eigenvalue weighted by atomic mass is 10.1. The average molecular weight is 325 g/mol. The highest BCUT2D eigenvalue weighted by Crippen LogP contribution is 2.25. The van der Waals surface area contributed by atoms with Gasteiger partial charge in [-0.2, -0.15) is 0 Å². The van der Waals surface area contributed by atoms with Gasteiger partial charge in [0.2, 0.25) is 0 Å².